The van der Waals surface area contributed by atoms with Gasteiger partial charge < -0.3 is 9.64 Å². The standard InChI is InChI=1S/C21H18N3O2/c25-21-18-5-1-2-7-20(18)26-16-15-24(21)14-13-23-11-8-17(9-12-23)19-6-3-4-10-22-19/h1-12,15-16H,13-14H2/q+1. The minimum Gasteiger partial charge on any atom is -0.463 e. The Balaban J connectivity index is 1.45. The van der Waals surface area contributed by atoms with E-state index in [2.05, 4.69) is 4.98 Å². The van der Waals surface area contributed by atoms with Crippen LogP contribution in [0.4, 0.5) is 0 Å². The summed E-state index contributed by atoms with van der Waals surface area (Å²) in [5, 5.41) is 0. The zero-order valence-electron chi connectivity index (χ0n) is 14.2. The van der Waals surface area contributed by atoms with Crippen molar-refractivity contribution in [2.24, 2.45) is 0 Å². The molecule has 1 amide bonds. The zero-order chi connectivity index (χ0) is 17.8. The van der Waals surface area contributed by atoms with Gasteiger partial charge >= 0.3 is 0 Å². The number of aromatic nitrogens is 2. The van der Waals surface area contributed by atoms with Gasteiger partial charge in [-0.25, -0.2) is 4.57 Å². The second-order valence-corrected chi connectivity index (χ2v) is 5.94. The van der Waals surface area contributed by atoms with Gasteiger partial charge in [0.05, 0.1) is 17.8 Å². The zero-order valence-corrected chi connectivity index (χ0v) is 14.2. The van der Waals surface area contributed by atoms with Crippen LogP contribution in [0.15, 0.2) is 85.6 Å². The summed E-state index contributed by atoms with van der Waals surface area (Å²) >= 11 is 0. The van der Waals surface area contributed by atoms with Crippen LogP contribution in [0.2, 0.25) is 0 Å². The number of carbonyl (C=O) groups is 1. The van der Waals surface area contributed by atoms with Gasteiger partial charge in [0.1, 0.15) is 12.0 Å². The maximum atomic E-state index is 12.7. The summed E-state index contributed by atoms with van der Waals surface area (Å²) in [6.45, 7) is 1.24. The van der Waals surface area contributed by atoms with Crippen LogP contribution in [0, 0.1) is 0 Å². The maximum absolute atomic E-state index is 12.7. The Kier molecular flexibility index (Phi) is 4.43. The molecular weight excluding hydrogens is 326 g/mol. The van der Waals surface area contributed by atoms with Crippen molar-refractivity contribution in [1.29, 1.82) is 0 Å². The fraction of sp³-hybridized carbons (Fsp3) is 0.0952. The molecule has 0 aliphatic carbocycles. The van der Waals surface area contributed by atoms with Gasteiger partial charge in [-0.1, -0.05) is 18.2 Å². The number of rotatable bonds is 4. The number of hydrogen-bond donors (Lipinski definition) is 0. The van der Waals surface area contributed by atoms with Crippen LogP contribution in [0.1, 0.15) is 10.4 Å². The second kappa shape index (κ2) is 7.19. The molecule has 0 atom stereocenters. The molecule has 0 bridgehead atoms. The first-order chi connectivity index (χ1) is 12.8. The monoisotopic (exact) mass is 344 g/mol. The fourth-order valence-electron chi connectivity index (χ4n) is 2.86. The van der Waals surface area contributed by atoms with Crippen molar-refractivity contribution in [2.75, 3.05) is 6.54 Å². The van der Waals surface area contributed by atoms with Crippen LogP contribution in [0.3, 0.4) is 0 Å². The molecule has 128 valence electrons. The van der Waals surface area contributed by atoms with Crippen molar-refractivity contribution in [1.82, 2.24) is 9.88 Å². The maximum Gasteiger partial charge on any atom is 0.261 e. The molecule has 0 unspecified atom stereocenters. The first-order valence-corrected chi connectivity index (χ1v) is 8.45. The Morgan fingerprint density at radius 2 is 1.81 bits per heavy atom. The van der Waals surface area contributed by atoms with Crippen molar-refractivity contribution in [3.8, 4) is 17.0 Å². The topological polar surface area (TPSA) is 46.3 Å². The van der Waals surface area contributed by atoms with Gasteiger partial charge in [-0.2, -0.15) is 0 Å². The molecule has 5 nitrogen and oxygen atoms in total. The van der Waals surface area contributed by atoms with E-state index >= 15 is 0 Å². The van der Waals surface area contributed by atoms with Gasteiger partial charge in [-0.05, 0) is 24.3 Å². The van der Waals surface area contributed by atoms with Gasteiger partial charge in [0.2, 0.25) is 0 Å². The molecule has 0 radical (unpaired) electrons. The molecule has 2 aromatic heterocycles. The number of nitrogens with zero attached hydrogens (tertiary/aromatic N) is 3. The third kappa shape index (κ3) is 3.32. The Morgan fingerprint density at radius 1 is 1.00 bits per heavy atom. The van der Waals surface area contributed by atoms with E-state index in [0.29, 0.717) is 24.4 Å². The van der Waals surface area contributed by atoms with Crippen molar-refractivity contribution < 1.29 is 14.1 Å². The van der Waals surface area contributed by atoms with Crippen LogP contribution in [-0.2, 0) is 6.54 Å². The number of amides is 1. The molecule has 0 fully saturated rings. The third-order valence-corrected chi connectivity index (χ3v) is 4.27. The summed E-state index contributed by atoms with van der Waals surface area (Å²) in [4.78, 5) is 18.7. The molecule has 3 aromatic rings. The average molecular weight is 344 g/mol. The van der Waals surface area contributed by atoms with E-state index in [1.165, 1.54) is 0 Å². The van der Waals surface area contributed by atoms with E-state index in [1.54, 1.807) is 35.7 Å². The van der Waals surface area contributed by atoms with Gasteiger partial charge in [-0.3, -0.25) is 9.78 Å². The van der Waals surface area contributed by atoms with Crippen LogP contribution in [0.5, 0.6) is 5.75 Å². The minimum absolute atomic E-state index is 0.0555. The molecule has 0 saturated heterocycles. The highest BCUT2D eigenvalue weighted by molar-refractivity contribution is 5.97. The number of pyridine rings is 2. The molecule has 26 heavy (non-hydrogen) atoms. The number of hydrogen-bond acceptors (Lipinski definition) is 3. The van der Waals surface area contributed by atoms with Gasteiger partial charge in [-0.15, -0.1) is 0 Å². The summed E-state index contributed by atoms with van der Waals surface area (Å²) in [5.41, 5.74) is 2.59. The lowest BCUT2D eigenvalue weighted by molar-refractivity contribution is -0.695. The molecule has 1 aromatic carbocycles. The van der Waals surface area contributed by atoms with Gasteiger partial charge in [0, 0.05) is 30.1 Å². The number of para-hydroxylation sites is 1. The van der Waals surface area contributed by atoms with Crippen LogP contribution >= 0.6 is 0 Å². The second-order valence-electron chi connectivity index (χ2n) is 5.94. The molecule has 4 rings (SSSR count). The smallest absolute Gasteiger partial charge is 0.261 e. The Labute approximate surface area is 151 Å². The van der Waals surface area contributed by atoms with Crippen molar-refractivity contribution in [2.45, 2.75) is 6.54 Å². The first kappa shape index (κ1) is 16.0. The van der Waals surface area contributed by atoms with E-state index in [4.69, 9.17) is 4.74 Å². The normalized spacial score (nSPS) is 13.1. The van der Waals surface area contributed by atoms with E-state index in [9.17, 15) is 4.79 Å². The predicted octanol–water partition coefficient (Wildman–Crippen LogP) is 3.04. The number of fused-ring (bicyclic) bond motifs is 1. The lowest BCUT2D eigenvalue weighted by Gasteiger charge is -2.15. The van der Waals surface area contributed by atoms with Gasteiger partial charge in [0.25, 0.3) is 5.91 Å². The summed E-state index contributed by atoms with van der Waals surface area (Å²) in [6, 6.07) is 17.2. The molecule has 1 aliphatic heterocycles. The lowest BCUT2D eigenvalue weighted by Crippen LogP contribution is -2.40. The lowest BCUT2D eigenvalue weighted by atomic mass is 10.2. The summed E-state index contributed by atoms with van der Waals surface area (Å²) in [5.74, 6) is 0.531. The highest BCUT2D eigenvalue weighted by Gasteiger charge is 2.21. The Hall–Kier alpha value is -3.47. The summed E-state index contributed by atoms with van der Waals surface area (Å²) in [7, 11) is 0. The largest absolute Gasteiger partial charge is 0.463 e. The molecular formula is C21H18N3O2+. The molecule has 3 heterocycles. The van der Waals surface area contributed by atoms with Crippen LogP contribution in [-0.4, -0.2) is 22.3 Å². The van der Waals surface area contributed by atoms with Gasteiger partial charge in [0.15, 0.2) is 18.9 Å². The minimum atomic E-state index is -0.0555. The van der Waals surface area contributed by atoms with Crippen LogP contribution < -0.4 is 9.30 Å². The Bertz CT molecular complexity index is 937. The highest BCUT2D eigenvalue weighted by atomic mass is 16.5. The van der Waals surface area contributed by atoms with Crippen LogP contribution in [0.25, 0.3) is 11.3 Å². The molecule has 1 aliphatic rings. The molecule has 5 heteroatoms. The van der Waals surface area contributed by atoms with Crippen molar-refractivity contribution >= 4 is 5.91 Å². The SMILES string of the molecule is O=C1c2ccccc2OC=CN1CC[n+]1ccc(-c2ccccn2)cc1. The predicted molar refractivity (Wildman–Crippen MR) is 97.1 cm³/mol. The number of carbonyl (C=O) groups excluding carboxylic acids is 1. The van der Waals surface area contributed by atoms with Crippen molar-refractivity contribution in [3.05, 3.63) is 91.2 Å². The molecule has 0 saturated carbocycles. The fourth-order valence-corrected chi connectivity index (χ4v) is 2.86. The van der Waals surface area contributed by atoms with E-state index < -0.39 is 0 Å². The number of ether oxygens (including phenoxy) is 1. The average Bonchev–Trinajstić information content (AvgIpc) is 2.87. The number of benzene rings is 1. The summed E-state index contributed by atoms with van der Waals surface area (Å²) < 4.78 is 7.56. The van der Waals surface area contributed by atoms with E-state index in [1.807, 2.05) is 59.4 Å². The Morgan fingerprint density at radius 3 is 2.62 bits per heavy atom. The van der Waals surface area contributed by atoms with Crippen molar-refractivity contribution in [3.63, 3.8) is 0 Å². The molecule has 0 spiro atoms. The quantitative estimate of drug-likeness (QED) is 0.684. The third-order valence-electron chi connectivity index (χ3n) is 4.27. The van der Waals surface area contributed by atoms with E-state index in [-0.39, 0.29) is 5.91 Å². The van der Waals surface area contributed by atoms with E-state index in [0.717, 1.165) is 11.3 Å². The molecule has 0 N–H and O–H groups in total. The summed E-state index contributed by atoms with van der Waals surface area (Å²) in [6.07, 6.45) is 9.03. The first-order valence-electron chi connectivity index (χ1n) is 8.45. The highest BCUT2D eigenvalue weighted by Crippen LogP contribution is 2.22.